The van der Waals surface area contributed by atoms with E-state index in [1.807, 2.05) is 12.1 Å². The van der Waals surface area contributed by atoms with Crippen molar-refractivity contribution < 1.29 is 0 Å². The molecule has 6 nitrogen and oxygen atoms in total. The number of pyridine rings is 1. The van der Waals surface area contributed by atoms with Crippen molar-refractivity contribution in [1.29, 1.82) is 0 Å². The molecule has 3 aromatic heterocycles. The summed E-state index contributed by atoms with van der Waals surface area (Å²) in [5, 5.41) is 3.07. The van der Waals surface area contributed by atoms with E-state index in [0.717, 1.165) is 5.69 Å². The van der Waals surface area contributed by atoms with E-state index in [9.17, 15) is 0 Å². The molecule has 1 N–H and O–H groups in total. The summed E-state index contributed by atoms with van der Waals surface area (Å²) < 4.78 is 0. The van der Waals surface area contributed by atoms with Crippen LogP contribution in [0.3, 0.4) is 0 Å². The number of nitrogens with one attached hydrogen (secondary N) is 1. The van der Waals surface area contributed by atoms with Crippen molar-refractivity contribution in [1.82, 2.24) is 24.9 Å². The molecule has 0 radical (unpaired) electrons. The van der Waals surface area contributed by atoms with E-state index in [1.54, 1.807) is 31.0 Å². The molecule has 0 amide bonds. The first-order valence-corrected chi connectivity index (χ1v) is 5.03. The fraction of sp³-hybridized carbons (Fsp3) is 0. The highest BCUT2D eigenvalue weighted by molar-refractivity contribution is 5.70. The van der Waals surface area contributed by atoms with Crippen LogP contribution in [0.15, 0.2) is 43.1 Å². The highest BCUT2D eigenvalue weighted by Crippen LogP contribution is 2.12. The average Bonchev–Trinajstić information content (AvgIpc) is 2.40. The summed E-state index contributed by atoms with van der Waals surface area (Å²) in [7, 11) is 0. The highest BCUT2D eigenvalue weighted by atomic mass is 15.1. The van der Waals surface area contributed by atoms with Gasteiger partial charge in [0.2, 0.25) is 5.95 Å². The first-order valence-electron chi connectivity index (χ1n) is 5.03. The van der Waals surface area contributed by atoms with Crippen LogP contribution in [0.4, 0.5) is 11.6 Å². The lowest BCUT2D eigenvalue weighted by Gasteiger charge is -2.03. The molecule has 0 aliphatic heterocycles. The number of aromatic nitrogens is 5. The Hall–Kier alpha value is -2.63. The summed E-state index contributed by atoms with van der Waals surface area (Å²) in [4.78, 5) is 20.6. The lowest BCUT2D eigenvalue weighted by molar-refractivity contribution is 1.14. The molecule has 6 heteroatoms. The van der Waals surface area contributed by atoms with Crippen molar-refractivity contribution in [2.24, 2.45) is 0 Å². The second kappa shape index (κ2) is 4.09. The normalized spacial score (nSPS) is 10.4. The molecule has 3 rings (SSSR count). The van der Waals surface area contributed by atoms with Crippen LogP contribution in [-0.4, -0.2) is 24.9 Å². The molecule has 0 aliphatic rings. The third-order valence-electron chi connectivity index (χ3n) is 2.16. The van der Waals surface area contributed by atoms with Crippen LogP contribution in [0, 0.1) is 0 Å². The molecule has 0 saturated carbocycles. The van der Waals surface area contributed by atoms with Crippen molar-refractivity contribution in [3.63, 3.8) is 0 Å². The summed E-state index contributed by atoms with van der Waals surface area (Å²) in [6, 6.07) is 3.68. The molecule has 0 bridgehead atoms. The van der Waals surface area contributed by atoms with Crippen molar-refractivity contribution in [2.75, 3.05) is 5.32 Å². The summed E-state index contributed by atoms with van der Waals surface area (Å²) in [5.41, 5.74) is 2.12. The quantitative estimate of drug-likeness (QED) is 0.711. The van der Waals surface area contributed by atoms with Gasteiger partial charge in [0.15, 0.2) is 5.65 Å². The fourth-order valence-corrected chi connectivity index (χ4v) is 1.39. The van der Waals surface area contributed by atoms with Gasteiger partial charge in [-0.3, -0.25) is 4.98 Å². The average molecular weight is 224 g/mol. The second-order valence-corrected chi connectivity index (χ2v) is 3.32. The van der Waals surface area contributed by atoms with Gasteiger partial charge in [0.1, 0.15) is 5.52 Å². The van der Waals surface area contributed by atoms with Gasteiger partial charge in [0.05, 0.1) is 6.20 Å². The van der Waals surface area contributed by atoms with Gasteiger partial charge in [-0.2, -0.15) is 4.98 Å². The van der Waals surface area contributed by atoms with Gasteiger partial charge in [-0.25, -0.2) is 15.0 Å². The van der Waals surface area contributed by atoms with Crippen LogP contribution in [0.2, 0.25) is 0 Å². The highest BCUT2D eigenvalue weighted by Gasteiger charge is 2.01. The van der Waals surface area contributed by atoms with E-state index in [-0.39, 0.29) is 0 Å². The number of rotatable bonds is 2. The minimum absolute atomic E-state index is 0.490. The van der Waals surface area contributed by atoms with Crippen LogP contribution >= 0.6 is 0 Å². The van der Waals surface area contributed by atoms with E-state index < -0.39 is 0 Å². The van der Waals surface area contributed by atoms with Crippen LogP contribution in [0.1, 0.15) is 0 Å². The Labute approximate surface area is 96.8 Å². The van der Waals surface area contributed by atoms with Gasteiger partial charge in [-0.1, -0.05) is 0 Å². The van der Waals surface area contributed by atoms with Gasteiger partial charge >= 0.3 is 0 Å². The lowest BCUT2D eigenvalue weighted by Crippen LogP contribution is -1.98. The standard InChI is InChI=1S/C11H8N6/c1-3-12-4-2-8(1)16-11-15-7-9-10(17-11)14-6-5-13-9/h1-7H,(H,12,14,15,16,17). The van der Waals surface area contributed by atoms with E-state index in [4.69, 9.17) is 0 Å². The first kappa shape index (κ1) is 9.59. The zero-order valence-corrected chi connectivity index (χ0v) is 8.78. The van der Waals surface area contributed by atoms with Gasteiger partial charge in [0, 0.05) is 30.5 Å². The van der Waals surface area contributed by atoms with Crippen LogP contribution < -0.4 is 5.32 Å². The zero-order chi connectivity index (χ0) is 11.5. The van der Waals surface area contributed by atoms with E-state index >= 15 is 0 Å². The predicted molar refractivity (Wildman–Crippen MR) is 62.6 cm³/mol. The molecule has 0 atom stereocenters. The topological polar surface area (TPSA) is 76.5 Å². The molecule has 3 heterocycles. The van der Waals surface area contributed by atoms with E-state index in [0.29, 0.717) is 17.1 Å². The molecule has 0 aromatic carbocycles. The number of hydrogen-bond acceptors (Lipinski definition) is 6. The Bertz CT molecular complexity index is 640. The molecule has 0 saturated heterocycles. The first-order chi connectivity index (χ1) is 8.42. The second-order valence-electron chi connectivity index (χ2n) is 3.32. The minimum atomic E-state index is 0.490. The predicted octanol–water partition coefficient (Wildman–Crippen LogP) is 1.56. The van der Waals surface area contributed by atoms with Gasteiger partial charge in [-0.15, -0.1) is 0 Å². The molecule has 0 spiro atoms. The van der Waals surface area contributed by atoms with Crippen molar-refractivity contribution in [3.05, 3.63) is 43.1 Å². The Balaban J connectivity index is 1.96. The third-order valence-corrected chi connectivity index (χ3v) is 2.16. The Morgan fingerprint density at radius 1 is 0.882 bits per heavy atom. The smallest absolute Gasteiger partial charge is 0.229 e. The summed E-state index contributed by atoms with van der Waals surface area (Å²) in [6.07, 6.45) is 8.25. The van der Waals surface area contributed by atoms with Gasteiger partial charge in [0.25, 0.3) is 0 Å². The van der Waals surface area contributed by atoms with Crippen molar-refractivity contribution >= 4 is 22.8 Å². The summed E-state index contributed by atoms with van der Waals surface area (Å²) in [6.45, 7) is 0. The summed E-state index contributed by atoms with van der Waals surface area (Å²) >= 11 is 0. The van der Waals surface area contributed by atoms with Gasteiger partial charge < -0.3 is 5.32 Å². The number of hydrogen-bond donors (Lipinski definition) is 1. The number of nitrogens with zero attached hydrogens (tertiary/aromatic N) is 5. The van der Waals surface area contributed by atoms with Crippen LogP contribution in [0.25, 0.3) is 11.2 Å². The maximum Gasteiger partial charge on any atom is 0.229 e. The van der Waals surface area contributed by atoms with Gasteiger partial charge in [-0.05, 0) is 12.1 Å². The molecule has 3 aromatic rings. The molecule has 0 unspecified atom stereocenters. The van der Waals surface area contributed by atoms with Crippen LogP contribution in [0.5, 0.6) is 0 Å². The monoisotopic (exact) mass is 224 g/mol. The molecule has 0 fully saturated rings. The molecular formula is C11H8N6. The van der Waals surface area contributed by atoms with E-state index in [2.05, 4.69) is 30.2 Å². The molecule has 0 aliphatic carbocycles. The lowest BCUT2D eigenvalue weighted by atomic mass is 10.4. The molecule has 17 heavy (non-hydrogen) atoms. The maximum atomic E-state index is 4.25. The molecular weight excluding hydrogens is 216 g/mol. The number of anilines is 2. The number of fused-ring (bicyclic) bond motifs is 1. The summed E-state index contributed by atoms with van der Waals surface area (Å²) in [5.74, 6) is 0.490. The Morgan fingerprint density at radius 2 is 1.71 bits per heavy atom. The third kappa shape index (κ3) is 2.00. The zero-order valence-electron chi connectivity index (χ0n) is 8.78. The van der Waals surface area contributed by atoms with Crippen LogP contribution in [-0.2, 0) is 0 Å². The van der Waals surface area contributed by atoms with E-state index in [1.165, 1.54) is 0 Å². The molecule has 82 valence electrons. The maximum absolute atomic E-state index is 4.25. The minimum Gasteiger partial charge on any atom is -0.324 e. The van der Waals surface area contributed by atoms with Crippen molar-refractivity contribution in [2.45, 2.75) is 0 Å². The van der Waals surface area contributed by atoms with Crippen molar-refractivity contribution in [3.8, 4) is 0 Å². The Morgan fingerprint density at radius 3 is 2.59 bits per heavy atom. The SMILES string of the molecule is c1cc(Nc2ncc3nccnc3n2)ccn1. The fourth-order valence-electron chi connectivity index (χ4n) is 1.39. The Kier molecular flexibility index (Phi) is 2.31. The largest absolute Gasteiger partial charge is 0.324 e.